The fraction of sp³-hybridized carbons (Fsp3) is 0.478. The van der Waals surface area contributed by atoms with Gasteiger partial charge in [0.1, 0.15) is 28.4 Å². The van der Waals surface area contributed by atoms with Gasteiger partial charge in [-0.1, -0.05) is 0 Å². The second kappa shape index (κ2) is 8.09. The van der Waals surface area contributed by atoms with Gasteiger partial charge in [0.05, 0.1) is 19.3 Å². The van der Waals surface area contributed by atoms with E-state index in [1.807, 2.05) is 16.7 Å². The lowest BCUT2D eigenvalue weighted by molar-refractivity contribution is 0.0191. The fourth-order valence-corrected chi connectivity index (χ4v) is 4.85. The molecule has 3 aromatic rings. The smallest absolute Gasteiger partial charge is 0.151 e. The van der Waals surface area contributed by atoms with Crippen LogP contribution in [0.1, 0.15) is 26.7 Å². The van der Waals surface area contributed by atoms with Crippen LogP contribution in [0.15, 0.2) is 30.5 Å². The molecule has 0 unspecified atom stereocenters. The van der Waals surface area contributed by atoms with E-state index in [1.165, 1.54) is 12.1 Å². The number of aromatic nitrogens is 3. The van der Waals surface area contributed by atoms with Crippen molar-refractivity contribution in [3.63, 3.8) is 0 Å². The van der Waals surface area contributed by atoms with Gasteiger partial charge >= 0.3 is 0 Å². The van der Waals surface area contributed by atoms with Gasteiger partial charge in [0, 0.05) is 36.9 Å². The number of halogens is 1. The number of phenolic OH excluding ortho intramolecular Hbond substituents is 1. The predicted molar refractivity (Wildman–Crippen MR) is 118 cm³/mol. The summed E-state index contributed by atoms with van der Waals surface area (Å²) in [5.41, 5.74) is 1.32. The minimum Gasteiger partial charge on any atom is -0.506 e. The van der Waals surface area contributed by atoms with E-state index in [2.05, 4.69) is 29.0 Å². The number of hydrogen-bond acceptors (Lipinski definition) is 6. The average molecular weight is 426 g/mol. The summed E-state index contributed by atoms with van der Waals surface area (Å²) in [4.78, 5) is 11.6. The topological polar surface area (TPSA) is 75.4 Å². The largest absolute Gasteiger partial charge is 0.506 e. The maximum absolute atomic E-state index is 14.6. The Hall–Kier alpha value is -2.71. The number of imidazole rings is 1. The van der Waals surface area contributed by atoms with Gasteiger partial charge in [-0.3, -0.25) is 0 Å². The van der Waals surface area contributed by atoms with Crippen LogP contribution in [0.25, 0.3) is 22.4 Å². The van der Waals surface area contributed by atoms with Crippen molar-refractivity contribution in [1.29, 1.82) is 0 Å². The Morgan fingerprint density at radius 2 is 2.00 bits per heavy atom. The SMILES string of the molecule is C[C@H]1CC[C@H](C)N1c1ccc(-c2nc3c(F)ccc(O)c3n2C[C@@H]2CNCCO2)cn1. The van der Waals surface area contributed by atoms with E-state index in [9.17, 15) is 9.50 Å². The Labute approximate surface area is 180 Å². The van der Waals surface area contributed by atoms with E-state index >= 15 is 0 Å². The number of anilines is 1. The first-order valence-corrected chi connectivity index (χ1v) is 11.0. The van der Waals surface area contributed by atoms with Crippen molar-refractivity contribution in [3.8, 4) is 17.1 Å². The number of fused-ring (bicyclic) bond motifs is 1. The Morgan fingerprint density at radius 3 is 2.68 bits per heavy atom. The lowest BCUT2D eigenvalue weighted by Gasteiger charge is -2.27. The minimum atomic E-state index is -0.459. The third-order valence-electron chi connectivity index (χ3n) is 6.44. The number of phenols is 1. The van der Waals surface area contributed by atoms with E-state index in [0.29, 0.717) is 43.1 Å². The highest BCUT2D eigenvalue weighted by Gasteiger charge is 2.28. The van der Waals surface area contributed by atoms with E-state index in [-0.39, 0.29) is 17.4 Å². The highest BCUT2D eigenvalue weighted by Crippen LogP contribution is 2.34. The number of ether oxygens (including phenoxy) is 1. The molecule has 2 saturated heterocycles. The number of rotatable bonds is 4. The van der Waals surface area contributed by atoms with Crippen molar-refractivity contribution in [2.45, 2.75) is 51.4 Å². The molecule has 2 aliphatic heterocycles. The monoisotopic (exact) mass is 425 g/mol. The molecular formula is C23H28FN5O2. The summed E-state index contributed by atoms with van der Waals surface area (Å²) >= 11 is 0. The van der Waals surface area contributed by atoms with Crippen LogP contribution in [0, 0.1) is 5.82 Å². The number of hydrogen-bond donors (Lipinski definition) is 2. The summed E-state index contributed by atoms with van der Waals surface area (Å²) in [6, 6.07) is 7.52. The minimum absolute atomic E-state index is 0.00298. The molecule has 0 bridgehead atoms. The summed E-state index contributed by atoms with van der Waals surface area (Å²) in [5, 5.41) is 13.8. The van der Waals surface area contributed by atoms with Crippen LogP contribution in [0.2, 0.25) is 0 Å². The normalized spacial score (nSPS) is 24.2. The van der Waals surface area contributed by atoms with E-state index in [4.69, 9.17) is 9.72 Å². The van der Waals surface area contributed by atoms with Crippen LogP contribution >= 0.6 is 0 Å². The quantitative estimate of drug-likeness (QED) is 0.668. The van der Waals surface area contributed by atoms with Crippen molar-refractivity contribution in [2.24, 2.45) is 0 Å². The van der Waals surface area contributed by atoms with Gasteiger partial charge in [0.25, 0.3) is 0 Å². The summed E-state index contributed by atoms with van der Waals surface area (Å²) < 4.78 is 22.3. The van der Waals surface area contributed by atoms with E-state index in [1.54, 1.807) is 6.20 Å². The third kappa shape index (κ3) is 3.64. The van der Waals surface area contributed by atoms with Crippen molar-refractivity contribution >= 4 is 16.9 Å². The first-order chi connectivity index (χ1) is 15.0. The molecule has 0 saturated carbocycles. The lowest BCUT2D eigenvalue weighted by atomic mass is 10.2. The van der Waals surface area contributed by atoms with E-state index < -0.39 is 5.82 Å². The molecule has 7 nitrogen and oxygen atoms in total. The summed E-state index contributed by atoms with van der Waals surface area (Å²) in [7, 11) is 0. The maximum atomic E-state index is 14.6. The summed E-state index contributed by atoms with van der Waals surface area (Å²) in [6.45, 7) is 7.03. The van der Waals surface area contributed by atoms with Gasteiger partial charge < -0.3 is 24.6 Å². The Balaban J connectivity index is 1.56. The second-order valence-corrected chi connectivity index (χ2v) is 8.59. The molecule has 0 amide bonds. The van der Waals surface area contributed by atoms with Crippen LogP contribution in [0.3, 0.4) is 0 Å². The molecule has 164 valence electrons. The molecule has 2 fully saturated rings. The number of aromatic hydroxyl groups is 1. The van der Waals surface area contributed by atoms with Gasteiger partial charge in [-0.05, 0) is 51.0 Å². The molecule has 2 aliphatic rings. The predicted octanol–water partition coefficient (Wildman–Crippen LogP) is 3.31. The van der Waals surface area contributed by atoms with Gasteiger partial charge in [-0.2, -0.15) is 0 Å². The van der Waals surface area contributed by atoms with Crippen LogP contribution in [0.4, 0.5) is 10.2 Å². The zero-order valence-electron chi connectivity index (χ0n) is 17.9. The Kier molecular flexibility index (Phi) is 5.27. The molecular weight excluding hydrogens is 397 g/mol. The zero-order valence-corrected chi connectivity index (χ0v) is 17.9. The van der Waals surface area contributed by atoms with Crippen molar-refractivity contribution < 1.29 is 14.2 Å². The molecule has 1 aromatic carbocycles. The Bertz CT molecular complexity index is 1070. The number of morpholine rings is 1. The average Bonchev–Trinajstić information content (AvgIpc) is 3.32. The van der Waals surface area contributed by atoms with Crippen molar-refractivity contribution in [2.75, 3.05) is 24.6 Å². The Morgan fingerprint density at radius 1 is 1.19 bits per heavy atom. The van der Waals surface area contributed by atoms with Crippen molar-refractivity contribution in [3.05, 3.63) is 36.3 Å². The lowest BCUT2D eigenvalue weighted by Crippen LogP contribution is -2.40. The standard InChI is InChI=1S/C23H28FN5O2/c1-14-3-4-15(2)29(14)20-8-5-16(11-26-20)23-27-21-18(24)6-7-19(30)22(21)28(23)13-17-12-25-9-10-31-17/h5-8,11,14-15,17,25,30H,3-4,9-10,12-13H2,1-2H3/t14-,15-,17-/m0/s1. The van der Waals surface area contributed by atoms with Crippen LogP contribution in [-0.2, 0) is 11.3 Å². The fourth-order valence-electron chi connectivity index (χ4n) is 4.85. The summed E-state index contributed by atoms with van der Waals surface area (Å²) in [6.07, 6.45) is 4.02. The molecule has 2 aromatic heterocycles. The van der Waals surface area contributed by atoms with Gasteiger partial charge in [-0.25, -0.2) is 14.4 Å². The number of benzene rings is 1. The molecule has 0 aliphatic carbocycles. The molecule has 2 N–H and O–H groups in total. The third-order valence-corrected chi connectivity index (χ3v) is 6.44. The highest BCUT2D eigenvalue weighted by molar-refractivity contribution is 5.86. The first kappa shape index (κ1) is 20.2. The second-order valence-electron chi connectivity index (χ2n) is 8.59. The molecule has 3 atom stereocenters. The van der Waals surface area contributed by atoms with Crippen LogP contribution in [-0.4, -0.2) is 57.5 Å². The number of pyridine rings is 1. The zero-order chi connectivity index (χ0) is 21.5. The van der Waals surface area contributed by atoms with E-state index in [0.717, 1.165) is 30.8 Å². The molecule has 0 spiro atoms. The molecule has 31 heavy (non-hydrogen) atoms. The highest BCUT2D eigenvalue weighted by atomic mass is 19.1. The van der Waals surface area contributed by atoms with Crippen molar-refractivity contribution in [1.82, 2.24) is 19.9 Å². The van der Waals surface area contributed by atoms with Crippen LogP contribution < -0.4 is 10.2 Å². The molecule has 4 heterocycles. The number of nitrogens with one attached hydrogen (secondary N) is 1. The number of nitrogens with zero attached hydrogens (tertiary/aromatic N) is 4. The molecule has 0 radical (unpaired) electrons. The summed E-state index contributed by atoms with van der Waals surface area (Å²) in [5.74, 6) is 1.06. The molecule has 8 heteroatoms. The van der Waals surface area contributed by atoms with Crippen LogP contribution in [0.5, 0.6) is 5.75 Å². The molecule has 5 rings (SSSR count). The maximum Gasteiger partial charge on any atom is 0.151 e. The first-order valence-electron chi connectivity index (χ1n) is 11.0. The van der Waals surface area contributed by atoms with Gasteiger partial charge in [0.2, 0.25) is 0 Å². The van der Waals surface area contributed by atoms with Gasteiger partial charge in [0.15, 0.2) is 5.82 Å². The van der Waals surface area contributed by atoms with Gasteiger partial charge in [-0.15, -0.1) is 0 Å².